The second-order valence-electron chi connectivity index (χ2n) is 7.26. The molecule has 0 aliphatic carbocycles. The average Bonchev–Trinajstić information content (AvgIpc) is 3.34. The van der Waals surface area contributed by atoms with Gasteiger partial charge >= 0.3 is 11.9 Å². The van der Waals surface area contributed by atoms with Crippen LogP contribution in [0.25, 0.3) is 5.76 Å². The fourth-order valence-corrected chi connectivity index (χ4v) is 4.97. The summed E-state index contributed by atoms with van der Waals surface area (Å²) >= 11 is 4.36. The zero-order chi connectivity index (χ0) is 24.4. The standard InChI is InChI=1S/C24H18BrN3O5S/c1-3-11-33-23(32)21-13(2)27-24(34-21)28-18(15-5-4-6-16(25)12-15)17(20(30)22(28)31)19(29)14-7-9-26-10-8-14/h3-10,12,18,29H,1,11H2,2H3. The van der Waals surface area contributed by atoms with Crippen molar-refractivity contribution in [3.8, 4) is 0 Å². The molecule has 3 aromatic rings. The number of esters is 1. The maximum atomic E-state index is 13.2. The summed E-state index contributed by atoms with van der Waals surface area (Å²) in [5, 5.41) is 11.2. The number of amides is 1. The maximum Gasteiger partial charge on any atom is 0.350 e. The van der Waals surface area contributed by atoms with Crippen LogP contribution >= 0.6 is 27.3 Å². The van der Waals surface area contributed by atoms with Gasteiger partial charge in [-0.1, -0.05) is 52.1 Å². The van der Waals surface area contributed by atoms with Crippen LogP contribution in [0.3, 0.4) is 0 Å². The van der Waals surface area contributed by atoms with Gasteiger partial charge in [-0.15, -0.1) is 0 Å². The Bertz CT molecular complexity index is 1340. The molecular weight excluding hydrogens is 522 g/mol. The highest BCUT2D eigenvalue weighted by Gasteiger charge is 2.48. The van der Waals surface area contributed by atoms with E-state index in [2.05, 4.69) is 32.5 Å². The molecule has 1 fully saturated rings. The molecule has 10 heteroatoms. The quantitative estimate of drug-likeness (QED) is 0.160. The van der Waals surface area contributed by atoms with Gasteiger partial charge in [0.05, 0.1) is 17.3 Å². The minimum Gasteiger partial charge on any atom is -0.507 e. The van der Waals surface area contributed by atoms with E-state index in [9.17, 15) is 19.5 Å². The molecule has 1 atom stereocenters. The lowest BCUT2D eigenvalue weighted by molar-refractivity contribution is -0.132. The molecule has 1 N–H and O–H groups in total. The first kappa shape index (κ1) is 23.5. The first-order chi connectivity index (χ1) is 16.3. The van der Waals surface area contributed by atoms with E-state index in [1.54, 1.807) is 43.3 Å². The molecule has 1 aromatic carbocycles. The Morgan fingerprint density at radius 2 is 2.03 bits per heavy atom. The van der Waals surface area contributed by atoms with Gasteiger partial charge in [-0.25, -0.2) is 9.78 Å². The molecule has 8 nitrogen and oxygen atoms in total. The first-order valence-corrected chi connectivity index (χ1v) is 11.7. The molecule has 1 unspecified atom stereocenters. The summed E-state index contributed by atoms with van der Waals surface area (Å²) in [6, 6.07) is 9.19. The van der Waals surface area contributed by atoms with Crippen LogP contribution in [0, 0.1) is 6.92 Å². The molecule has 2 aromatic heterocycles. The Labute approximate surface area is 207 Å². The molecule has 0 saturated carbocycles. The predicted octanol–water partition coefficient (Wildman–Crippen LogP) is 4.58. The van der Waals surface area contributed by atoms with E-state index in [4.69, 9.17) is 4.74 Å². The number of benzene rings is 1. The Hall–Kier alpha value is -3.63. The highest BCUT2D eigenvalue weighted by molar-refractivity contribution is 9.10. The summed E-state index contributed by atoms with van der Waals surface area (Å²) in [6.45, 7) is 5.16. The summed E-state index contributed by atoms with van der Waals surface area (Å²) in [7, 11) is 0. The molecule has 34 heavy (non-hydrogen) atoms. The highest BCUT2D eigenvalue weighted by atomic mass is 79.9. The van der Waals surface area contributed by atoms with Gasteiger partial charge in [-0.05, 0) is 36.8 Å². The number of anilines is 1. The number of ketones is 1. The fourth-order valence-electron chi connectivity index (χ4n) is 3.56. The van der Waals surface area contributed by atoms with Gasteiger partial charge in [-0.3, -0.25) is 19.5 Å². The minimum atomic E-state index is -0.965. The van der Waals surface area contributed by atoms with Crippen LogP contribution in [0.2, 0.25) is 0 Å². The molecule has 4 rings (SSSR count). The van der Waals surface area contributed by atoms with Crippen molar-refractivity contribution in [3.05, 3.63) is 93.2 Å². The molecule has 0 spiro atoms. The van der Waals surface area contributed by atoms with Crippen molar-refractivity contribution in [2.75, 3.05) is 11.5 Å². The summed E-state index contributed by atoms with van der Waals surface area (Å²) in [5.41, 5.74) is 1.20. The smallest absolute Gasteiger partial charge is 0.350 e. The average molecular weight is 540 g/mol. The van der Waals surface area contributed by atoms with Crippen LogP contribution in [0.15, 0.2) is 71.5 Å². The van der Waals surface area contributed by atoms with Gasteiger partial charge in [0.1, 0.15) is 17.2 Å². The van der Waals surface area contributed by atoms with Crippen molar-refractivity contribution in [1.29, 1.82) is 0 Å². The number of halogens is 1. The number of aryl methyl sites for hydroxylation is 1. The number of aromatic nitrogens is 2. The van der Waals surface area contributed by atoms with Crippen LogP contribution in [0.4, 0.5) is 5.13 Å². The van der Waals surface area contributed by atoms with E-state index in [1.807, 2.05) is 0 Å². The number of hydrogen-bond acceptors (Lipinski definition) is 8. The lowest BCUT2D eigenvalue weighted by Crippen LogP contribution is -2.29. The van der Waals surface area contributed by atoms with Crippen molar-refractivity contribution in [2.45, 2.75) is 13.0 Å². The van der Waals surface area contributed by atoms with E-state index in [0.717, 1.165) is 15.8 Å². The molecule has 0 bridgehead atoms. The van der Waals surface area contributed by atoms with Gasteiger partial charge in [0.15, 0.2) is 5.13 Å². The number of Topliss-reactive ketones (excluding diaryl/α,β-unsaturated/α-hetero) is 1. The molecule has 0 radical (unpaired) electrons. The van der Waals surface area contributed by atoms with Gasteiger partial charge in [0, 0.05) is 22.4 Å². The molecule has 1 aliphatic heterocycles. The first-order valence-electron chi connectivity index (χ1n) is 10.1. The number of ether oxygens (including phenoxy) is 1. The summed E-state index contributed by atoms with van der Waals surface area (Å²) in [4.78, 5) is 48.6. The normalized spacial score (nSPS) is 17.1. The fraction of sp³-hybridized carbons (Fsp3) is 0.125. The number of nitrogens with zero attached hydrogens (tertiary/aromatic N) is 3. The van der Waals surface area contributed by atoms with Crippen LogP contribution in [0.5, 0.6) is 0 Å². The number of thiazole rings is 1. The van der Waals surface area contributed by atoms with E-state index in [-0.39, 0.29) is 27.9 Å². The van der Waals surface area contributed by atoms with E-state index >= 15 is 0 Å². The third kappa shape index (κ3) is 4.29. The summed E-state index contributed by atoms with van der Waals surface area (Å²) in [6.07, 6.45) is 4.40. The number of aliphatic hydroxyl groups excluding tert-OH is 1. The van der Waals surface area contributed by atoms with E-state index in [1.165, 1.54) is 23.4 Å². The van der Waals surface area contributed by atoms with Crippen LogP contribution in [0.1, 0.15) is 32.5 Å². The van der Waals surface area contributed by atoms with E-state index in [0.29, 0.717) is 16.8 Å². The monoisotopic (exact) mass is 539 g/mol. The topological polar surface area (TPSA) is 110 Å². The maximum absolute atomic E-state index is 13.2. The Morgan fingerprint density at radius 3 is 2.71 bits per heavy atom. The predicted molar refractivity (Wildman–Crippen MR) is 130 cm³/mol. The number of carbonyl (C=O) groups excluding carboxylic acids is 3. The zero-order valence-corrected chi connectivity index (χ0v) is 20.3. The molecule has 1 amide bonds. The summed E-state index contributed by atoms with van der Waals surface area (Å²) < 4.78 is 5.83. The van der Waals surface area contributed by atoms with Gasteiger partial charge in [0.25, 0.3) is 5.78 Å². The van der Waals surface area contributed by atoms with Crippen molar-refractivity contribution in [2.24, 2.45) is 0 Å². The Kier molecular flexibility index (Phi) is 6.71. The van der Waals surface area contributed by atoms with Crippen LogP contribution in [-0.4, -0.2) is 39.3 Å². The van der Waals surface area contributed by atoms with Gasteiger partial charge in [-0.2, -0.15) is 0 Å². The lowest BCUT2D eigenvalue weighted by Gasteiger charge is -2.23. The number of hydrogen-bond donors (Lipinski definition) is 1. The van der Waals surface area contributed by atoms with Crippen molar-refractivity contribution in [3.63, 3.8) is 0 Å². The SMILES string of the molecule is C=CCOC(=O)c1sc(N2C(=O)C(=O)C(=C(O)c3ccncc3)C2c2cccc(Br)c2)nc1C. The Balaban J connectivity index is 1.89. The number of carbonyl (C=O) groups is 3. The van der Waals surface area contributed by atoms with Gasteiger partial charge < -0.3 is 9.84 Å². The lowest BCUT2D eigenvalue weighted by atomic mass is 9.96. The third-order valence-electron chi connectivity index (χ3n) is 5.07. The number of aliphatic hydroxyl groups is 1. The van der Waals surface area contributed by atoms with Crippen molar-refractivity contribution < 1.29 is 24.2 Å². The second kappa shape index (κ2) is 9.70. The van der Waals surface area contributed by atoms with E-state index < -0.39 is 23.7 Å². The minimum absolute atomic E-state index is 0.0278. The second-order valence-corrected chi connectivity index (χ2v) is 9.15. The molecule has 172 valence electrons. The molecule has 1 aliphatic rings. The van der Waals surface area contributed by atoms with Crippen molar-refractivity contribution in [1.82, 2.24) is 9.97 Å². The number of rotatable bonds is 6. The van der Waals surface area contributed by atoms with Crippen LogP contribution < -0.4 is 4.90 Å². The molecular formula is C24H18BrN3O5S. The molecule has 3 heterocycles. The van der Waals surface area contributed by atoms with Gasteiger partial charge in [0.2, 0.25) is 0 Å². The van der Waals surface area contributed by atoms with Crippen LogP contribution in [-0.2, 0) is 14.3 Å². The third-order valence-corrected chi connectivity index (χ3v) is 6.70. The number of pyridine rings is 1. The largest absolute Gasteiger partial charge is 0.507 e. The zero-order valence-electron chi connectivity index (χ0n) is 17.9. The highest BCUT2D eigenvalue weighted by Crippen LogP contribution is 2.44. The summed E-state index contributed by atoms with van der Waals surface area (Å²) in [5.74, 6) is -2.65. The molecule has 1 saturated heterocycles. The van der Waals surface area contributed by atoms with Crippen molar-refractivity contribution >= 4 is 55.8 Å². The Morgan fingerprint density at radius 1 is 1.29 bits per heavy atom.